The van der Waals surface area contributed by atoms with Crippen molar-refractivity contribution in [1.29, 1.82) is 0 Å². The van der Waals surface area contributed by atoms with Crippen LogP contribution in [0, 0.1) is 24.0 Å². The lowest BCUT2D eigenvalue weighted by atomic mass is 10.1. The minimum Gasteiger partial charge on any atom is -0.476 e. The number of carbonyl (C=O) groups is 1. The molecule has 5 heteroatoms. The Morgan fingerprint density at radius 1 is 1.44 bits per heavy atom. The zero-order valence-corrected chi connectivity index (χ0v) is 11.0. The maximum absolute atomic E-state index is 11.5. The number of hydrogen-bond acceptors (Lipinski definition) is 4. The van der Waals surface area contributed by atoms with E-state index in [0.29, 0.717) is 12.0 Å². The molecule has 1 atom stereocenters. The number of nitro groups is 1. The van der Waals surface area contributed by atoms with Gasteiger partial charge in [0.1, 0.15) is 0 Å². The van der Waals surface area contributed by atoms with Crippen LogP contribution in [-0.4, -0.2) is 16.8 Å². The Bertz CT molecular complexity index is 482. The Morgan fingerprint density at radius 2 is 2.06 bits per heavy atom. The minimum atomic E-state index is -0.671. The average Bonchev–Trinajstić information content (AvgIpc) is 2.30. The Balaban J connectivity index is 3.15. The maximum atomic E-state index is 11.5. The molecule has 1 rings (SSSR count). The molecule has 0 aliphatic heterocycles. The topological polar surface area (TPSA) is 69.4 Å². The van der Waals surface area contributed by atoms with Gasteiger partial charge >= 0.3 is 5.69 Å². The van der Waals surface area contributed by atoms with Gasteiger partial charge in [0, 0.05) is 12.5 Å². The maximum Gasteiger partial charge on any atom is 0.311 e. The molecule has 1 aromatic rings. The first-order chi connectivity index (χ1) is 8.36. The lowest BCUT2D eigenvalue weighted by Gasteiger charge is -2.15. The number of carbonyl (C=O) groups excluding carboxylic acids is 1. The highest BCUT2D eigenvalue weighted by Gasteiger charge is 2.22. The molecule has 0 saturated heterocycles. The molecule has 5 nitrogen and oxygen atoms in total. The zero-order chi connectivity index (χ0) is 13.9. The summed E-state index contributed by atoms with van der Waals surface area (Å²) in [5.74, 6) is 0.101. The van der Waals surface area contributed by atoms with E-state index in [9.17, 15) is 14.9 Å². The summed E-state index contributed by atoms with van der Waals surface area (Å²) >= 11 is 0. The van der Waals surface area contributed by atoms with Gasteiger partial charge in [-0.05, 0) is 31.9 Å². The number of Topliss-reactive ketones (excluding diaryl/α,β-unsaturated/α-hetero) is 1. The highest BCUT2D eigenvalue weighted by atomic mass is 16.6. The van der Waals surface area contributed by atoms with Gasteiger partial charge in [-0.2, -0.15) is 0 Å². The van der Waals surface area contributed by atoms with Gasteiger partial charge in [0.25, 0.3) is 0 Å². The lowest BCUT2D eigenvalue weighted by Crippen LogP contribution is -2.23. The predicted molar refractivity (Wildman–Crippen MR) is 68.0 cm³/mol. The van der Waals surface area contributed by atoms with E-state index in [4.69, 9.17) is 4.74 Å². The first-order valence-corrected chi connectivity index (χ1v) is 5.81. The Labute approximate surface area is 106 Å². The van der Waals surface area contributed by atoms with Crippen molar-refractivity contribution in [2.45, 2.75) is 40.2 Å². The molecule has 98 valence electrons. The van der Waals surface area contributed by atoms with E-state index in [0.717, 1.165) is 5.56 Å². The van der Waals surface area contributed by atoms with E-state index in [1.54, 1.807) is 33.8 Å². The van der Waals surface area contributed by atoms with Gasteiger partial charge in [0.05, 0.1) is 4.92 Å². The first-order valence-electron chi connectivity index (χ1n) is 5.81. The number of ether oxygens (including phenoxy) is 1. The van der Waals surface area contributed by atoms with Crippen molar-refractivity contribution in [3.8, 4) is 5.75 Å². The van der Waals surface area contributed by atoms with E-state index in [1.807, 2.05) is 0 Å². The van der Waals surface area contributed by atoms with E-state index < -0.39 is 11.0 Å². The van der Waals surface area contributed by atoms with Crippen molar-refractivity contribution in [3.63, 3.8) is 0 Å². The van der Waals surface area contributed by atoms with Crippen LogP contribution in [0.3, 0.4) is 0 Å². The molecule has 1 aromatic carbocycles. The summed E-state index contributed by atoms with van der Waals surface area (Å²) in [6, 6.07) is 3.25. The average molecular weight is 251 g/mol. The molecule has 0 aliphatic rings. The second-order valence-corrected chi connectivity index (χ2v) is 4.27. The summed E-state index contributed by atoms with van der Waals surface area (Å²) in [5, 5.41) is 11.0. The second kappa shape index (κ2) is 5.62. The first kappa shape index (κ1) is 14.2. The van der Waals surface area contributed by atoms with Crippen LogP contribution in [0.4, 0.5) is 5.69 Å². The van der Waals surface area contributed by atoms with Gasteiger partial charge in [-0.15, -0.1) is 0 Å². The molecule has 0 heterocycles. The zero-order valence-electron chi connectivity index (χ0n) is 11.0. The molecule has 0 N–H and O–H groups in total. The van der Waals surface area contributed by atoms with Crippen LogP contribution in [0.1, 0.15) is 31.4 Å². The van der Waals surface area contributed by atoms with Crippen molar-refractivity contribution in [3.05, 3.63) is 33.4 Å². The Morgan fingerprint density at radius 3 is 2.56 bits per heavy atom. The summed E-state index contributed by atoms with van der Waals surface area (Å²) in [5.41, 5.74) is 1.36. The number of rotatable bonds is 5. The molecule has 0 spiro atoms. The van der Waals surface area contributed by atoms with Gasteiger partial charge in [-0.1, -0.05) is 13.0 Å². The van der Waals surface area contributed by atoms with Crippen molar-refractivity contribution >= 4 is 11.5 Å². The quantitative estimate of drug-likeness (QED) is 0.596. The van der Waals surface area contributed by atoms with Crippen molar-refractivity contribution in [2.75, 3.05) is 0 Å². The van der Waals surface area contributed by atoms with E-state index >= 15 is 0 Å². The standard InChI is InChI=1S/C13H17NO4/c1-5-12(15)10(4)18-13-9(3)6-8(2)7-11(13)14(16)17/h6-7,10H,5H2,1-4H3. The highest BCUT2D eigenvalue weighted by Crippen LogP contribution is 2.32. The molecule has 0 bridgehead atoms. The van der Waals surface area contributed by atoms with E-state index in [-0.39, 0.29) is 17.2 Å². The van der Waals surface area contributed by atoms with Crippen LogP contribution in [0.15, 0.2) is 12.1 Å². The molecular weight excluding hydrogens is 234 g/mol. The SMILES string of the molecule is CCC(=O)C(C)Oc1c(C)cc(C)cc1[N+](=O)[O-]. The van der Waals surface area contributed by atoms with Crippen LogP contribution in [0.2, 0.25) is 0 Å². The number of ketones is 1. The third kappa shape index (κ3) is 3.06. The Kier molecular flexibility index (Phi) is 4.42. The fourth-order valence-corrected chi connectivity index (χ4v) is 1.75. The number of nitrogens with zero attached hydrogens (tertiary/aromatic N) is 1. The van der Waals surface area contributed by atoms with Gasteiger partial charge in [-0.3, -0.25) is 14.9 Å². The van der Waals surface area contributed by atoms with Gasteiger partial charge in [-0.25, -0.2) is 0 Å². The summed E-state index contributed by atoms with van der Waals surface area (Å²) in [7, 11) is 0. The van der Waals surface area contributed by atoms with Crippen molar-refractivity contribution in [2.24, 2.45) is 0 Å². The highest BCUT2D eigenvalue weighted by molar-refractivity contribution is 5.82. The Hall–Kier alpha value is -1.91. The molecule has 0 aliphatic carbocycles. The molecule has 0 aromatic heterocycles. The molecular formula is C13H17NO4. The summed E-state index contributed by atoms with van der Waals surface area (Å²) in [6.45, 7) is 6.86. The van der Waals surface area contributed by atoms with Crippen LogP contribution in [-0.2, 0) is 4.79 Å². The van der Waals surface area contributed by atoms with Crippen LogP contribution < -0.4 is 4.74 Å². The smallest absolute Gasteiger partial charge is 0.311 e. The van der Waals surface area contributed by atoms with E-state index in [2.05, 4.69) is 0 Å². The fourth-order valence-electron chi connectivity index (χ4n) is 1.75. The molecule has 0 amide bonds. The summed E-state index contributed by atoms with van der Waals surface area (Å²) in [4.78, 5) is 22.0. The van der Waals surface area contributed by atoms with Crippen LogP contribution in [0.25, 0.3) is 0 Å². The molecule has 18 heavy (non-hydrogen) atoms. The second-order valence-electron chi connectivity index (χ2n) is 4.27. The number of aryl methyl sites for hydroxylation is 2. The normalized spacial score (nSPS) is 12.0. The van der Waals surface area contributed by atoms with Gasteiger partial charge in [0.15, 0.2) is 11.9 Å². The van der Waals surface area contributed by atoms with Gasteiger partial charge < -0.3 is 4.74 Å². The minimum absolute atomic E-state index is 0.0794. The predicted octanol–water partition coefficient (Wildman–Crippen LogP) is 2.96. The molecule has 0 saturated carbocycles. The number of nitro benzene ring substituents is 1. The van der Waals surface area contributed by atoms with Crippen molar-refractivity contribution < 1.29 is 14.5 Å². The number of benzene rings is 1. The van der Waals surface area contributed by atoms with Gasteiger partial charge in [0.2, 0.25) is 5.75 Å². The van der Waals surface area contributed by atoms with Crippen LogP contribution in [0.5, 0.6) is 5.75 Å². The fraction of sp³-hybridized carbons (Fsp3) is 0.462. The lowest BCUT2D eigenvalue weighted by molar-refractivity contribution is -0.386. The third-order valence-electron chi connectivity index (χ3n) is 2.69. The molecule has 0 radical (unpaired) electrons. The number of hydrogen-bond donors (Lipinski definition) is 0. The van der Waals surface area contributed by atoms with Crippen LogP contribution >= 0.6 is 0 Å². The summed E-state index contributed by atoms with van der Waals surface area (Å²) in [6.07, 6.45) is -0.324. The van der Waals surface area contributed by atoms with Crippen molar-refractivity contribution in [1.82, 2.24) is 0 Å². The summed E-state index contributed by atoms with van der Waals surface area (Å²) < 4.78 is 5.45. The third-order valence-corrected chi connectivity index (χ3v) is 2.69. The molecule has 0 fully saturated rings. The largest absolute Gasteiger partial charge is 0.476 e. The van der Waals surface area contributed by atoms with E-state index in [1.165, 1.54) is 6.07 Å². The monoisotopic (exact) mass is 251 g/mol. The molecule has 1 unspecified atom stereocenters.